The molecule has 1 aliphatic rings. The molecule has 1 aliphatic heterocycles. The van der Waals surface area contributed by atoms with Gasteiger partial charge in [0.05, 0.1) is 5.57 Å². The number of nitrogens with zero attached hydrogens (tertiary/aromatic N) is 1. The molecule has 1 saturated heterocycles. The number of carboxylic acids is 3. The normalized spacial score (nSPS) is 19.2. The Hall–Kier alpha value is -1.93. The summed E-state index contributed by atoms with van der Waals surface area (Å²) in [5, 5.41) is 29.6. The zero-order valence-electron chi connectivity index (χ0n) is 9.50. The van der Waals surface area contributed by atoms with E-state index in [0.717, 1.165) is 0 Å². The van der Waals surface area contributed by atoms with Crippen LogP contribution < -0.4 is 5.32 Å². The third-order valence-electron chi connectivity index (χ3n) is 2.57. The second kappa shape index (κ2) is 6.12. The average molecular weight is 258 g/mol. The predicted molar refractivity (Wildman–Crippen MR) is 59.2 cm³/mol. The second-order valence-electron chi connectivity index (χ2n) is 3.77. The van der Waals surface area contributed by atoms with Crippen LogP contribution in [0.3, 0.4) is 0 Å². The summed E-state index contributed by atoms with van der Waals surface area (Å²) in [5.41, 5.74) is -0.642. The Bertz CT molecular complexity index is 386. The van der Waals surface area contributed by atoms with Crippen LogP contribution in [0.15, 0.2) is 11.6 Å². The van der Waals surface area contributed by atoms with Crippen molar-refractivity contribution >= 4 is 17.9 Å². The van der Waals surface area contributed by atoms with Crippen LogP contribution in [0, 0.1) is 0 Å². The van der Waals surface area contributed by atoms with E-state index in [0.29, 0.717) is 32.3 Å². The fourth-order valence-electron chi connectivity index (χ4n) is 1.82. The average Bonchev–Trinajstić information content (AvgIpc) is 2.28. The van der Waals surface area contributed by atoms with Crippen LogP contribution in [0.4, 0.5) is 0 Å². The van der Waals surface area contributed by atoms with Gasteiger partial charge in [-0.2, -0.15) is 0 Å². The van der Waals surface area contributed by atoms with E-state index in [4.69, 9.17) is 15.3 Å². The summed E-state index contributed by atoms with van der Waals surface area (Å²) in [6.45, 7) is 1.76. The number of carboxylic acid groups (broad SMARTS) is 3. The highest BCUT2D eigenvalue weighted by Gasteiger charge is 2.34. The van der Waals surface area contributed by atoms with Gasteiger partial charge in [0.15, 0.2) is 0 Å². The van der Waals surface area contributed by atoms with Crippen molar-refractivity contribution in [3.8, 4) is 0 Å². The fourth-order valence-corrected chi connectivity index (χ4v) is 1.82. The lowest BCUT2D eigenvalue weighted by atomic mass is 10.0. The van der Waals surface area contributed by atoms with Crippen molar-refractivity contribution in [2.45, 2.75) is 6.04 Å². The standard InChI is InChI=1S/C10H14N2O6/c13-7(14)5-6(9(15)16)8(10(17)18)12-3-1-11-2-4-12/h5,8,11H,1-4H2,(H,13,14)(H,15,16)(H,17,18). The van der Waals surface area contributed by atoms with Crippen LogP contribution in [0.5, 0.6) is 0 Å². The van der Waals surface area contributed by atoms with Crippen molar-refractivity contribution < 1.29 is 29.7 Å². The molecule has 0 aromatic rings. The first-order chi connectivity index (χ1) is 8.43. The highest BCUT2D eigenvalue weighted by atomic mass is 16.4. The van der Waals surface area contributed by atoms with E-state index in [9.17, 15) is 14.4 Å². The molecule has 0 amide bonds. The van der Waals surface area contributed by atoms with Gasteiger partial charge in [-0.3, -0.25) is 9.69 Å². The zero-order chi connectivity index (χ0) is 13.7. The van der Waals surface area contributed by atoms with Gasteiger partial charge in [-0.25, -0.2) is 9.59 Å². The number of piperazine rings is 1. The quantitative estimate of drug-likeness (QED) is 0.436. The Balaban J connectivity index is 3.04. The second-order valence-corrected chi connectivity index (χ2v) is 3.77. The Morgan fingerprint density at radius 3 is 2.06 bits per heavy atom. The summed E-state index contributed by atoms with van der Waals surface area (Å²) in [7, 11) is 0. The minimum Gasteiger partial charge on any atom is -0.480 e. The highest BCUT2D eigenvalue weighted by Crippen LogP contribution is 2.13. The number of carbonyl (C=O) groups is 3. The molecule has 0 radical (unpaired) electrons. The van der Waals surface area contributed by atoms with Crippen LogP contribution in [-0.2, 0) is 14.4 Å². The Labute approximate surface area is 103 Å². The first-order valence-corrected chi connectivity index (χ1v) is 5.29. The SMILES string of the molecule is O=C(O)C=C(C(=O)O)C(C(=O)O)N1CCNCC1. The van der Waals surface area contributed by atoms with E-state index in [1.54, 1.807) is 0 Å². The molecule has 0 aromatic heterocycles. The topological polar surface area (TPSA) is 127 Å². The van der Waals surface area contributed by atoms with E-state index in [-0.39, 0.29) is 0 Å². The molecule has 8 heteroatoms. The van der Waals surface area contributed by atoms with Gasteiger partial charge in [0.2, 0.25) is 0 Å². The van der Waals surface area contributed by atoms with Gasteiger partial charge < -0.3 is 20.6 Å². The molecule has 4 N–H and O–H groups in total. The van der Waals surface area contributed by atoms with Crippen LogP contribution in [0.1, 0.15) is 0 Å². The summed E-state index contributed by atoms with van der Waals surface area (Å²) in [6, 6.07) is -1.44. The summed E-state index contributed by atoms with van der Waals surface area (Å²) >= 11 is 0. The lowest BCUT2D eigenvalue weighted by Crippen LogP contribution is -2.52. The molecule has 0 aliphatic carbocycles. The zero-order valence-corrected chi connectivity index (χ0v) is 9.50. The molecule has 1 fully saturated rings. The molecular formula is C10H14N2O6. The monoisotopic (exact) mass is 258 g/mol. The predicted octanol–water partition coefficient (Wildman–Crippen LogP) is -1.56. The van der Waals surface area contributed by atoms with Crippen molar-refractivity contribution in [3.05, 3.63) is 11.6 Å². The molecule has 0 bridgehead atoms. The molecule has 0 spiro atoms. The van der Waals surface area contributed by atoms with Gasteiger partial charge in [0.25, 0.3) is 0 Å². The maximum Gasteiger partial charge on any atom is 0.334 e. The minimum absolute atomic E-state index is 0.348. The maximum absolute atomic E-state index is 11.2. The molecule has 100 valence electrons. The molecule has 8 nitrogen and oxygen atoms in total. The molecule has 18 heavy (non-hydrogen) atoms. The molecule has 1 rings (SSSR count). The largest absolute Gasteiger partial charge is 0.480 e. The summed E-state index contributed by atoms with van der Waals surface area (Å²) in [4.78, 5) is 34.1. The van der Waals surface area contributed by atoms with E-state index in [1.807, 2.05) is 0 Å². The van der Waals surface area contributed by atoms with Crippen LogP contribution in [-0.4, -0.2) is 70.3 Å². The molecule has 0 saturated carbocycles. The number of rotatable bonds is 5. The van der Waals surface area contributed by atoms with Gasteiger partial charge in [-0.1, -0.05) is 0 Å². The van der Waals surface area contributed by atoms with Gasteiger partial charge in [0, 0.05) is 32.3 Å². The maximum atomic E-state index is 11.2. The van der Waals surface area contributed by atoms with Gasteiger partial charge in [-0.15, -0.1) is 0 Å². The van der Waals surface area contributed by atoms with Gasteiger partial charge in [-0.05, 0) is 0 Å². The summed E-state index contributed by atoms with van der Waals surface area (Å²) < 4.78 is 0. The first kappa shape index (κ1) is 14.1. The number of hydrogen-bond acceptors (Lipinski definition) is 5. The Morgan fingerprint density at radius 2 is 1.67 bits per heavy atom. The first-order valence-electron chi connectivity index (χ1n) is 5.29. The smallest absolute Gasteiger partial charge is 0.334 e. The minimum atomic E-state index is -1.54. The van der Waals surface area contributed by atoms with Crippen molar-refractivity contribution in [2.24, 2.45) is 0 Å². The lowest BCUT2D eigenvalue weighted by molar-refractivity contribution is -0.145. The van der Waals surface area contributed by atoms with Gasteiger partial charge in [0.1, 0.15) is 6.04 Å². The lowest BCUT2D eigenvalue weighted by Gasteiger charge is -2.32. The molecule has 1 atom stereocenters. The van der Waals surface area contributed by atoms with Crippen LogP contribution >= 0.6 is 0 Å². The third-order valence-corrected chi connectivity index (χ3v) is 2.57. The van der Waals surface area contributed by atoms with E-state index in [2.05, 4.69) is 5.32 Å². The van der Waals surface area contributed by atoms with Crippen molar-refractivity contribution in [1.29, 1.82) is 0 Å². The van der Waals surface area contributed by atoms with Crippen molar-refractivity contribution in [2.75, 3.05) is 26.2 Å². The Kier molecular flexibility index (Phi) is 4.81. The Morgan fingerprint density at radius 1 is 1.11 bits per heavy atom. The molecular weight excluding hydrogens is 244 g/mol. The van der Waals surface area contributed by atoms with E-state index >= 15 is 0 Å². The summed E-state index contributed by atoms with van der Waals surface area (Å²) in [6.07, 6.45) is 0.434. The fraction of sp³-hybridized carbons (Fsp3) is 0.500. The van der Waals surface area contributed by atoms with Crippen molar-refractivity contribution in [1.82, 2.24) is 10.2 Å². The van der Waals surface area contributed by atoms with E-state index in [1.165, 1.54) is 4.90 Å². The van der Waals surface area contributed by atoms with Crippen LogP contribution in [0.2, 0.25) is 0 Å². The number of aliphatic carboxylic acids is 3. The molecule has 1 heterocycles. The molecule has 0 aromatic carbocycles. The molecule has 1 unspecified atom stereocenters. The third kappa shape index (κ3) is 3.54. The van der Waals surface area contributed by atoms with E-state index < -0.39 is 29.5 Å². The van der Waals surface area contributed by atoms with Gasteiger partial charge >= 0.3 is 17.9 Å². The highest BCUT2D eigenvalue weighted by molar-refractivity contribution is 6.01. The van der Waals surface area contributed by atoms with Crippen LogP contribution in [0.25, 0.3) is 0 Å². The van der Waals surface area contributed by atoms with Crippen molar-refractivity contribution in [3.63, 3.8) is 0 Å². The summed E-state index contributed by atoms with van der Waals surface area (Å²) in [5.74, 6) is -4.39. The number of hydrogen-bond donors (Lipinski definition) is 4. The number of nitrogens with one attached hydrogen (secondary N) is 1.